The van der Waals surface area contributed by atoms with Crippen LogP contribution in [-0.4, -0.2) is 19.5 Å². The molecule has 1 aromatic rings. The lowest BCUT2D eigenvalue weighted by atomic mass is 10.2. The molecule has 0 aliphatic carbocycles. The zero-order valence-electron chi connectivity index (χ0n) is 8.90. The summed E-state index contributed by atoms with van der Waals surface area (Å²) >= 11 is 3.29. The Balaban J connectivity index is 2.91. The molecule has 1 unspecified atom stereocenters. The van der Waals surface area contributed by atoms with E-state index in [9.17, 15) is 8.42 Å². The van der Waals surface area contributed by atoms with Crippen LogP contribution in [0.3, 0.4) is 0 Å². The van der Waals surface area contributed by atoms with Gasteiger partial charge in [-0.05, 0) is 25.0 Å². The maximum Gasteiger partial charge on any atom is 0.178 e. The van der Waals surface area contributed by atoms with Crippen LogP contribution in [-0.2, 0) is 9.84 Å². The van der Waals surface area contributed by atoms with E-state index >= 15 is 0 Å². The number of sulfone groups is 1. The summed E-state index contributed by atoms with van der Waals surface area (Å²) in [6.07, 6.45) is 0. The molecule has 0 saturated carbocycles. The fourth-order valence-corrected chi connectivity index (χ4v) is 3.40. The number of aryl methyl sites for hydroxylation is 1. The van der Waals surface area contributed by atoms with Gasteiger partial charge in [0.1, 0.15) is 0 Å². The zero-order chi connectivity index (χ0) is 11.5. The minimum Gasteiger partial charge on any atom is -0.224 e. The van der Waals surface area contributed by atoms with E-state index in [1.54, 1.807) is 12.1 Å². The van der Waals surface area contributed by atoms with Crippen molar-refractivity contribution in [1.82, 2.24) is 0 Å². The summed E-state index contributed by atoms with van der Waals surface area (Å²) < 4.78 is 23.8. The van der Waals surface area contributed by atoms with Crippen LogP contribution in [0.2, 0.25) is 0 Å². The first kappa shape index (κ1) is 12.7. The van der Waals surface area contributed by atoms with Gasteiger partial charge in [0.2, 0.25) is 0 Å². The fourth-order valence-electron chi connectivity index (χ4n) is 1.26. The highest BCUT2D eigenvalue weighted by Crippen LogP contribution is 2.15. The number of halogens is 1. The van der Waals surface area contributed by atoms with Gasteiger partial charge in [-0.25, -0.2) is 8.42 Å². The van der Waals surface area contributed by atoms with E-state index < -0.39 is 9.84 Å². The Bertz CT molecular complexity index is 409. The summed E-state index contributed by atoms with van der Waals surface area (Å²) in [7, 11) is -3.12. The van der Waals surface area contributed by atoms with E-state index in [1.807, 2.05) is 26.0 Å². The van der Waals surface area contributed by atoms with E-state index in [0.29, 0.717) is 10.2 Å². The van der Waals surface area contributed by atoms with Crippen molar-refractivity contribution >= 4 is 25.8 Å². The molecule has 2 nitrogen and oxygen atoms in total. The number of hydrogen-bond acceptors (Lipinski definition) is 2. The normalized spacial score (nSPS) is 13.8. The first-order valence-electron chi connectivity index (χ1n) is 4.81. The molecule has 0 radical (unpaired) electrons. The molecule has 0 aliphatic rings. The molecule has 0 amide bonds. The van der Waals surface area contributed by atoms with Gasteiger partial charge in [0.25, 0.3) is 0 Å². The molecule has 1 atom stereocenters. The van der Waals surface area contributed by atoms with Crippen LogP contribution < -0.4 is 0 Å². The maximum atomic E-state index is 11.9. The lowest BCUT2D eigenvalue weighted by molar-refractivity contribution is 0.584. The molecule has 0 fully saturated rings. The van der Waals surface area contributed by atoms with Crippen molar-refractivity contribution in [3.8, 4) is 0 Å². The molecule has 4 heteroatoms. The minimum absolute atomic E-state index is 0.135. The fraction of sp³-hybridized carbons (Fsp3) is 0.455. The summed E-state index contributed by atoms with van der Waals surface area (Å²) in [6.45, 7) is 3.86. The van der Waals surface area contributed by atoms with Gasteiger partial charge in [0.15, 0.2) is 9.84 Å². The Morgan fingerprint density at radius 2 is 1.80 bits per heavy atom. The molecule has 0 aliphatic heterocycles. The molecule has 0 bridgehead atoms. The first-order valence-corrected chi connectivity index (χ1v) is 7.58. The SMILES string of the molecule is Cc1ccc(S(=O)(=O)CC(C)CBr)cc1. The maximum absolute atomic E-state index is 11.9. The number of rotatable bonds is 4. The van der Waals surface area contributed by atoms with Gasteiger partial charge < -0.3 is 0 Å². The van der Waals surface area contributed by atoms with Crippen LogP contribution in [0.4, 0.5) is 0 Å². The smallest absolute Gasteiger partial charge is 0.178 e. The Morgan fingerprint density at radius 1 is 1.27 bits per heavy atom. The van der Waals surface area contributed by atoms with Crippen LogP contribution in [0.25, 0.3) is 0 Å². The molecule has 1 aromatic carbocycles. The predicted molar refractivity (Wildman–Crippen MR) is 66.2 cm³/mol. The van der Waals surface area contributed by atoms with Crippen molar-refractivity contribution in [3.05, 3.63) is 29.8 Å². The molecular weight excluding hydrogens is 276 g/mol. The Labute approximate surface area is 99.7 Å². The summed E-state index contributed by atoms with van der Waals surface area (Å²) in [5.41, 5.74) is 1.07. The second-order valence-electron chi connectivity index (χ2n) is 3.85. The molecular formula is C11H15BrO2S. The molecule has 0 aromatic heterocycles. The predicted octanol–water partition coefficient (Wildman–Crippen LogP) is 2.80. The first-order chi connectivity index (χ1) is 6.95. The molecule has 0 N–H and O–H groups in total. The Kier molecular flexibility index (Phi) is 4.34. The van der Waals surface area contributed by atoms with E-state index in [4.69, 9.17) is 0 Å². The lowest BCUT2D eigenvalue weighted by Gasteiger charge is -2.08. The van der Waals surface area contributed by atoms with Crippen molar-refractivity contribution in [2.45, 2.75) is 18.7 Å². The van der Waals surface area contributed by atoms with E-state index in [2.05, 4.69) is 15.9 Å². The molecule has 0 heterocycles. The highest BCUT2D eigenvalue weighted by atomic mass is 79.9. The van der Waals surface area contributed by atoms with E-state index in [1.165, 1.54) is 0 Å². The number of alkyl halides is 1. The topological polar surface area (TPSA) is 34.1 Å². The van der Waals surface area contributed by atoms with Crippen LogP contribution in [0.1, 0.15) is 12.5 Å². The van der Waals surface area contributed by atoms with Crippen molar-refractivity contribution in [3.63, 3.8) is 0 Å². The zero-order valence-corrected chi connectivity index (χ0v) is 11.3. The average molecular weight is 291 g/mol. The Morgan fingerprint density at radius 3 is 2.27 bits per heavy atom. The summed E-state index contributed by atoms with van der Waals surface area (Å²) in [5, 5.41) is 0.706. The summed E-state index contributed by atoms with van der Waals surface area (Å²) in [6, 6.07) is 6.99. The average Bonchev–Trinajstić information content (AvgIpc) is 2.17. The second kappa shape index (κ2) is 5.12. The van der Waals surface area contributed by atoms with E-state index in [0.717, 1.165) is 5.56 Å². The van der Waals surface area contributed by atoms with Crippen LogP contribution in [0.15, 0.2) is 29.2 Å². The van der Waals surface area contributed by atoms with Crippen LogP contribution in [0.5, 0.6) is 0 Å². The molecule has 15 heavy (non-hydrogen) atoms. The summed E-state index contributed by atoms with van der Waals surface area (Å²) in [4.78, 5) is 0.418. The highest BCUT2D eigenvalue weighted by molar-refractivity contribution is 9.09. The van der Waals surface area contributed by atoms with Crippen molar-refractivity contribution in [1.29, 1.82) is 0 Å². The van der Waals surface area contributed by atoms with Gasteiger partial charge in [0.05, 0.1) is 10.6 Å². The third-order valence-electron chi connectivity index (χ3n) is 2.15. The van der Waals surface area contributed by atoms with Crippen LogP contribution in [0, 0.1) is 12.8 Å². The third kappa shape index (κ3) is 3.61. The molecule has 1 rings (SSSR count). The van der Waals surface area contributed by atoms with Crippen molar-refractivity contribution in [2.75, 3.05) is 11.1 Å². The minimum atomic E-state index is -3.12. The Hall–Kier alpha value is -0.350. The van der Waals surface area contributed by atoms with Gasteiger partial charge in [-0.15, -0.1) is 0 Å². The van der Waals surface area contributed by atoms with Gasteiger partial charge in [-0.2, -0.15) is 0 Å². The van der Waals surface area contributed by atoms with Crippen LogP contribution >= 0.6 is 15.9 Å². The highest BCUT2D eigenvalue weighted by Gasteiger charge is 2.17. The van der Waals surface area contributed by atoms with Gasteiger partial charge in [0, 0.05) is 5.33 Å². The van der Waals surface area contributed by atoms with Gasteiger partial charge in [-0.3, -0.25) is 0 Å². The second-order valence-corrected chi connectivity index (χ2v) is 6.54. The third-order valence-corrected chi connectivity index (χ3v) is 5.25. The standard InChI is InChI=1S/C11H15BrO2S/c1-9-3-5-11(6-4-9)15(13,14)8-10(2)7-12/h3-6,10H,7-8H2,1-2H3. The van der Waals surface area contributed by atoms with Gasteiger partial charge >= 0.3 is 0 Å². The van der Waals surface area contributed by atoms with Gasteiger partial charge in [-0.1, -0.05) is 40.5 Å². The molecule has 84 valence electrons. The van der Waals surface area contributed by atoms with E-state index in [-0.39, 0.29) is 11.7 Å². The van der Waals surface area contributed by atoms with Crippen molar-refractivity contribution in [2.24, 2.45) is 5.92 Å². The largest absolute Gasteiger partial charge is 0.224 e. The summed E-state index contributed by atoms with van der Waals surface area (Å²) in [5.74, 6) is 0.331. The monoisotopic (exact) mass is 290 g/mol. The number of hydrogen-bond donors (Lipinski definition) is 0. The molecule has 0 saturated heterocycles. The van der Waals surface area contributed by atoms with Crippen molar-refractivity contribution < 1.29 is 8.42 Å². The lowest BCUT2D eigenvalue weighted by Crippen LogP contribution is -2.14. The quantitative estimate of drug-likeness (QED) is 0.799. The number of benzene rings is 1. The molecule has 0 spiro atoms.